The normalized spacial score (nSPS) is 12.5. The smallest absolute Gasteiger partial charge is 0.262 e. The number of halogens is 1. The summed E-state index contributed by atoms with van der Waals surface area (Å²) in [6.07, 6.45) is 0.772. The van der Waals surface area contributed by atoms with Crippen molar-refractivity contribution in [2.24, 2.45) is 5.73 Å². The molecule has 0 aliphatic heterocycles. The van der Waals surface area contributed by atoms with Gasteiger partial charge in [-0.3, -0.25) is 4.79 Å². The Morgan fingerprint density at radius 2 is 2.40 bits per heavy atom. The van der Waals surface area contributed by atoms with E-state index in [4.69, 9.17) is 17.3 Å². The molecule has 15 heavy (non-hydrogen) atoms. The Morgan fingerprint density at radius 1 is 1.73 bits per heavy atom. The van der Waals surface area contributed by atoms with Gasteiger partial charge >= 0.3 is 0 Å². The van der Waals surface area contributed by atoms with Crippen molar-refractivity contribution in [2.75, 3.05) is 6.54 Å². The van der Waals surface area contributed by atoms with E-state index in [2.05, 4.69) is 5.32 Å². The highest BCUT2D eigenvalue weighted by atomic mass is 35.5. The van der Waals surface area contributed by atoms with Gasteiger partial charge in [-0.05, 0) is 31.2 Å². The number of nitrogens with two attached hydrogens (primary N) is 1. The van der Waals surface area contributed by atoms with Gasteiger partial charge in [-0.25, -0.2) is 0 Å². The highest BCUT2D eigenvalue weighted by Gasteiger charge is 2.13. The van der Waals surface area contributed by atoms with Gasteiger partial charge in [0.2, 0.25) is 0 Å². The lowest BCUT2D eigenvalue weighted by molar-refractivity contribution is 0.0957. The van der Waals surface area contributed by atoms with E-state index in [0.717, 1.165) is 12.0 Å². The SMILES string of the molecule is Cc1csc(C(=O)NCCC(C)N)c1Cl. The Labute approximate surface area is 98.6 Å². The molecule has 3 N–H and O–H groups in total. The van der Waals surface area contributed by atoms with E-state index in [1.165, 1.54) is 11.3 Å². The monoisotopic (exact) mass is 246 g/mol. The Bertz CT molecular complexity index is 349. The van der Waals surface area contributed by atoms with Crippen LogP contribution in [0, 0.1) is 6.92 Å². The quantitative estimate of drug-likeness (QED) is 0.856. The molecule has 1 aromatic heterocycles. The zero-order valence-corrected chi connectivity index (χ0v) is 10.4. The van der Waals surface area contributed by atoms with Gasteiger partial charge in [0.25, 0.3) is 5.91 Å². The van der Waals surface area contributed by atoms with Crippen LogP contribution in [-0.2, 0) is 0 Å². The molecule has 84 valence electrons. The van der Waals surface area contributed by atoms with Crippen molar-refractivity contribution in [3.8, 4) is 0 Å². The van der Waals surface area contributed by atoms with Gasteiger partial charge in [-0.2, -0.15) is 0 Å². The molecular weight excluding hydrogens is 232 g/mol. The number of hydrogen-bond donors (Lipinski definition) is 2. The molecule has 0 saturated heterocycles. The minimum absolute atomic E-state index is 0.103. The van der Waals surface area contributed by atoms with Crippen molar-refractivity contribution < 1.29 is 4.79 Å². The summed E-state index contributed by atoms with van der Waals surface area (Å²) >= 11 is 7.34. The van der Waals surface area contributed by atoms with Gasteiger partial charge in [-0.15, -0.1) is 11.3 Å². The molecule has 1 heterocycles. The second kappa shape index (κ2) is 5.49. The summed E-state index contributed by atoms with van der Waals surface area (Å²) < 4.78 is 0. The molecule has 0 aliphatic carbocycles. The van der Waals surface area contributed by atoms with E-state index < -0.39 is 0 Å². The molecule has 5 heteroatoms. The number of aryl methyl sites for hydroxylation is 1. The van der Waals surface area contributed by atoms with Gasteiger partial charge in [0.1, 0.15) is 4.88 Å². The summed E-state index contributed by atoms with van der Waals surface area (Å²) in [5, 5.41) is 5.22. The maximum atomic E-state index is 11.6. The topological polar surface area (TPSA) is 55.1 Å². The van der Waals surface area contributed by atoms with Crippen molar-refractivity contribution in [3.05, 3.63) is 20.8 Å². The predicted molar refractivity (Wildman–Crippen MR) is 64.7 cm³/mol. The standard InChI is InChI=1S/C10H15ClN2OS/c1-6-5-15-9(8(6)11)10(14)13-4-3-7(2)12/h5,7H,3-4,12H2,1-2H3,(H,13,14). The van der Waals surface area contributed by atoms with Crippen molar-refractivity contribution in [1.82, 2.24) is 5.32 Å². The van der Waals surface area contributed by atoms with Crippen LogP contribution in [0.4, 0.5) is 0 Å². The largest absolute Gasteiger partial charge is 0.351 e. The molecule has 1 atom stereocenters. The van der Waals surface area contributed by atoms with Gasteiger partial charge in [0.05, 0.1) is 5.02 Å². The fourth-order valence-electron chi connectivity index (χ4n) is 1.08. The highest BCUT2D eigenvalue weighted by Crippen LogP contribution is 2.26. The molecule has 0 spiro atoms. The van der Waals surface area contributed by atoms with Crippen LogP contribution in [-0.4, -0.2) is 18.5 Å². The second-order valence-corrected chi connectivity index (χ2v) is 4.84. The molecule has 1 aromatic rings. The average molecular weight is 247 g/mol. The number of hydrogen-bond acceptors (Lipinski definition) is 3. The third kappa shape index (κ3) is 3.48. The van der Waals surface area contributed by atoms with E-state index in [0.29, 0.717) is 16.4 Å². The van der Waals surface area contributed by atoms with E-state index >= 15 is 0 Å². The third-order valence-electron chi connectivity index (χ3n) is 1.99. The number of carbonyl (C=O) groups excluding carboxylic acids is 1. The maximum Gasteiger partial charge on any atom is 0.262 e. The molecule has 0 aliphatic rings. The van der Waals surface area contributed by atoms with Crippen LogP contribution in [0.3, 0.4) is 0 Å². The molecule has 1 amide bonds. The van der Waals surface area contributed by atoms with Crippen LogP contribution in [0.15, 0.2) is 5.38 Å². The molecule has 3 nitrogen and oxygen atoms in total. The van der Waals surface area contributed by atoms with E-state index in [-0.39, 0.29) is 11.9 Å². The highest BCUT2D eigenvalue weighted by molar-refractivity contribution is 7.13. The summed E-state index contributed by atoms with van der Waals surface area (Å²) in [6, 6.07) is 0.103. The summed E-state index contributed by atoms with van der Waals surface area (Å²) in [6.45, 7) is 4.38. The second-order valence-electron chi connectivity index (χ2n) is 3.58. The first kappa shape index (κ1) is 12.5. The number of nitrogens with one attached hydrogen (secondary N) is 1. The average Bonchev–Trinajstić information content (AvgIpc) is 2.47. The van der Waals surface area contributed by atoms with Crippen LogP contribution < -0.4 is 11.1 Å². The van der Waals surface area contributed by atoms with Gasteiger partial charge in [0, 0.05) is 12.6 Å². The summed E-state index contributed by atoms with van der Waals surface area (Å²) in [7, 11) is 0. The van der Waals surface area contributed by atoms with Crippen molar-refractivity contribution in [2.45, 2.75) is 26.3 Å². The third-order valence-corrected chi connectivity index (χ3v) is 3.69. The van der Waals surface area contributed by atoms with Gasteiger partial charge in [-0.1, -0.05) is 11.6 Å². The first-order valence-corrected chi connectivity index (χ1v) is 6.05. The molecule has 1 unspecified atom stereocenters. The molecule has 0 fully saturated rings. The van der Waals surface area contributed by atoms with Crippen LogP contribution in [0.5, 0.6) is 0 Å². The number of thiophene rings is 1. The first-order valence-electron chi connectivity index (χ1n) is 4.79. The lowest BCUT2D eigenvalue weighted by Crippen LogP contribution is -2.28. The van der Waals surface area contributed by atoms with Crippen molar-refractivity contribution >= 4 is 28.8 Å². The Balaban J connectivity index is 2.51. The summed E-state index contributed by atoms with van der Waals surface area (Å²) in [5.41, 5.74) is 6.52. The van der Waals surface area contributed by atoms with Crippen LogP contribution >= 0.6 is 22.9 Å². The van der Waals surface area contributed by atoms with Crippen molar-refractivity contribution in [1.29, 1.82) is 0 Å². The predicted octanol–water partition coefficient (Wildman–Crippen LogP) is 2.18. The zero-order chi connectivity index (χ0) is 11.4. The molecule has 0 bridgehead atoms. The zero-order valence-electron chi connectivity index (χ0n) is 8.84. The molecule has 0 aromatic carbocycles. The minimum atomic E-state index is -0.112. The van der Waals surface area contributed by atoms with E-state index in [1.807, 2.05) is 19.2 Å². The molecule has 0 radical (unpaired) electrons. The lowest BCUT2D eigenvalue weighted by atomic mass is 10.2. The van der Waals surface area contributed by atoms with E-state index in [1.54, 1.807) is 0 Å². The Kier molecular flexibility index (Phi) is 4.57. The summed E-state index contributed by atoms with van der Waals surface area (Å²) in [4.78, 5) is 12.2. The Hall–Kier alpha value is -0.580. The molecule has 0 saturated carbocycles. The lowest BCUT2D eigenvalue weighted by Gasteiger charge is -2.06. The van der Waals surface area contributed by atoms with Gasteiger partial charge < -0.3 is 11.1 Å². The fourth-order valence-corrected chi connectivity index (χ4v) is 2.27. The van der Waals surface area contributed by atoms with Crippen LogP contribution in [0.2, 0.25) is 5.02 Å². The van der Waals surface area contributed by atoms with Crippen LogP contribution in [0.1, 0.15) is 28.6 Å². The molecular formula is C10H15ClN2OS. The summed E-state index contributed by atoms with van der Waals surface area (Å²) in [5.74, 6) is -0.112. The van der Waals surface area contributed by atoms with E-state index in [9.17, 15) is 4.79 Å². The number of rotatable bonds is 4. The number of carbonyl (C=O) groups is 1. The Morgan fingerprint density at radius 3 is 2.87 bits per heavy atom. The first-order chi connectivity index (χ1) is 7.02. The van der Waals surface area contributed by atoms with Crippen LogP contribution in [0.25, 0.3) is 0 Å². The van der Waals surface area contributed by atoms with Gasteiger partial charge in [0.15, 0.2) is 0 Å². The van der Waals surface area contributed by atoms with Crippen molar-refractivity contribution in [3.63, 3.8) is 0 Å². The maximum absolute atomic E-state index is 11.6. The fraction of sp³-hybridized carbons (Fsp3) is 0.500. The minimum Gasteiger partial charge on any atom is -0.351 e. The number of amides is 1. The molecule has 1 rings (SSSR count).